The fourth-order valence-electron chi connectivity index (χ4n) is 1.73. The summed E-state index contributed by atoms with van der Waals surface area (Å²) in [6.07, 6.45) is 1.00. The Kier molecular flexibility index (Phi) is 3.41. The highest BCUT2D eigenvalue weighted by Crippen LogP contribution is 2.13. The van der Waals surface area contributed by atoms with Crippen LogP contribution in [0.1, 0.15) is 16.8 Å². The molecule has 4 heteroatoms. The van der Waals surface area contributed by atoms with E-state index >= 15 is 0 Å². The quantitative estimate of drug-likeness (QED) is 0.805. The second-order valence-corrected chi connectivity index (χ2v) is 3.99. The summed E-state index contributed by atoms with van der Waals surface area (Å²) in [7, 11) is 0. The number of rotatable bonds is 3. The molecule has 0 radical (unpaired) electrons. The summed E-state index contributed by atoms with van der Waals surface area (Å²) in [6.45, 7) is 2.14. The Morgan fingerprint density at radius 2 is 2.44 bits per heavy atom. The predicted octanol–water partition coefficient (Wildman–Crippen LogP) is 1.16. The van der Waals surface area contributed by atoms with Crippen LogP contribution in [0.5, 0.6) is 5.75 Å². The van der Waals surface area contributed by atoms with E-state index in [4.69, 9.17) is 4.74 Å². The predicted molar refractivity (Wildman–Crippen MR) is 59.4 cm³/mol. The summed E-state index contributed by atoms with van der Waals surface area (Å²) < 4.78 is 5.22. The van der Waals surface area contributed by atoms with Crippen molar-refractivity contribution in [3.8, 4) is 5.75 Å². The molecule has 1 heterocycles. The summed E-state index contributed by atoms with van der Waals surface area (Å²) in [5.41, 5.74) is 0.485. The Morgan fingerprint density at radius 3 is 3.12 bits per heavy atom. The molecule has 0 spiro atoms. The lowest BCUT2D eigenvalue weighted by Crippen LogP contribution is -2.29. The van der Waals surface area contributed by atoms with Crippen LogP contribution < -0.4 is 5.32 Å². The molecule has 1 aromatic carbocycles. The third-order valence-electron chi connectivity index (χ3n) is 2.68. The highest BCUT2D eigenvalue weighted by atomic mass is 16.5. The molecule has 0 aromatic heterocycles. The van der Waals surface area contributed by atoms with E-state index in [9.17, 15) is 9.90 Å². The first-order valence-electron chi connectivity index (χ1n) is 5.40. The minimum atomic E-state index is -0.150. The Morgan fingerprint density at radius 1 is 1.56 bits per heavy atom. The average molecular weight is 221 g/mol. The SMILES string of the molecule is O=C(NCC1CCOC1)c1cccc(O)c1. The number of carbonyl (C=O) groups excluding carboxylic acids is 1. The van der Waals surface area contributed by atoms with Gasteiger partial charge in [-0.1, -0.05) is 6.07 Å². The Balaban J connectivity index is 1.87. The zero-order valence-corrected chi connectivity index (χ0v) is 8.98. The molecule has 86 valence electrons. The molecule has 1 atom stereocenters. The van der Waals surface area contributed by atoms with Crippen LogP contribution in [0.25, 0.3) is 0 Å². The lowest BCUT2D eigenvalue weighted by molar-refractivity contribution is 0.0944. The second-order valence-electron chi connectivity index (χ2n) is 3.99. The number of hydrogen-bond acceptors (Lipinski definition) is 3. The molecule has 2 N–H and O–H groups in total. The van der Waals surface area contributed by atoms with Crippen molar-refractivity contribution in [1.82, 2.24) is 5.32 Å². The van der Waals surface area contributed by atoms with Gasteiger partial charge in [0, 0.05) is 24.6 Å². The van der Waals surface area contributed by atoms with Crippen molar-refractivity contribution in [1.29, 1.82) is 0 Å². The van der Waals surface area contributed by atoms with Crippen molar-refractivity contribution in [3.63, 3.8) is 0 Å². The van der Waals surface area contributed by atoms with Crippen molar-refractivity contribution < 1.29 is 14.6 Å². The van der Waals surface area contributed by atoms with Crippen molar-refractivity contribution in [2.75, 3.05) is 19.8 Å². The number of amides is 1. The maximum absolute atomic E-state index is 11.7. The van der Waals surface area contributed by atoms with Crippen LogP contribution in [0.15, 0.2) is 24.3 Å². The van der Waals surface area contributed by atoms with Gasteiger partial charge in [0.2, 0.25) is 0 Å². The molecule has 1 saturated heterocycles. The zero-order chi connectivity index (χ0) is 11.4. The highest BCUT2D eigenvalue weighted by Gasteiger charge is 2.16. The summed E-state index contributed by atoms with van der Waals surface area (Å²) in [5.74, 6) is 0.376. The van der Waals surface area contributed by atoms with Gasteiger partial charge in [0.25, 0.3) is 5.91 Å². The summed E-state index contributed by atoms with van der Waals surface area (Å²) in [4.78, 5) is 11.7. The fourth-order valence-corrected chi connectivity index (χ4v) is 1.73. The van der Waals surface area contributed by atoms with Crippen LogP contribution in [0.3, 0.4) is 0 Å². The standard InChI is InChI=1S/C12H15NO3/c14-11-3-1-2-10(6-11)12(15)13-7-9-4-5-16-8-9/h1-3,6,9,14H,4-5,7-8H2,(H,13,15). The van der Waals surface area contributed by atoms with E-state index in [0.29, 0.717) is 18.0 Å². The molecule has 1 unspecified atom stereocenters. The number of phenolic OH excluding ortho intramolecular Hbond substituents is 1. The van der Waals surface area contributed by atoms with Crippen LogP contribution in [0.2, 0.25) is 0 Å². The van der Waals surface area contributed by atoms with Gasteiger partial charge in [-0.05, 0) is 24.6 Å². The number of hydrogen-bond donors (Lipinski definition) is 2. The van der Waals surface area contributed by atoms with Crippen LogP contribution in [-0.4, -0.2) is 30.8 Å². The maximum atomic E-state index is 11.7. The van der Waals surface area contributed by atoms with E-state index in [1.54, 1.807) is 18.2 Å². The molecular formula is C12H15NO3. The molecule has 1 aromatic rings. The number of nitrogens with one attached hydrogen (secondary N) is 1. The first kappa shape index (κ1) is 11.0. The molecule has 0 saturated carbocycles. The van der Waals surface area contributed by atoms with Crippen LogP contribution >= 0.6 is 0 Å². The normalized spacial score (nSPS) is 19.6. The minimum Gasteiger partial charge on any atom is -0.508 e. The molecule has 0 bridgehead atoms. The van der Waals surface area contributed by atoms with E-state index < -0.39 is 0 Å². The van der Waals surface area contributed by atoms with Gasteiger partial charge >= 0.3 is 0 Å². The van der Waals surface area contributed by atoms with Crippen LogP contribution in [0.4, 0.5) is 0 Å². The first-order valence-corrected chi connectivity index (χ1v) is 5.40. The molecular weight excluding hydrogens is 206 g/mol. The molecule has 16 heavy (non-hydrogen) atoms. The summed E-state index contributed by atoms with van der Waals surface area (Å²) in [6, 6.07) is 6.34. The summed E-state index contributed by atoms with van der Waals surface area (Å²) >= 11 is 0. The number of benzene rings is 1. The van der Waals surface area contributed by atoms with Gasteiger partial charge < -0.3 is 15.2 Å². The van der Waals surface area contributed by atoms with Gasteiger partial charge in [-0.2, -0.15) is 0 Å². The largest absolute Gasteiger partial charge is 0.508 e. The monoisotopic (exact) mass is 221 g/mol. The van der Waals surface area contributed by atoms with Gasteiger partial charge in [-0.3, -0.25) is 4.79 Å². The molecule has 1 fully saturated rings. The van der Waals surface area contributed by atoms with E-state index in [1.165, 1.54) is 6.07 Å². The number of phenols is 1. The van der Waals surface area contributed by atoms with E-state index in [1.807, 2.05) is 0 Å². The Bertz CT molecular complexity index is 372. The number of aromatic hydroxyl groups is 1. The van der Waals surface area contributed by atoms with Crippen molar-refractivity contribution in [3.05, 3.63) is 29.8 Å². The van der Waals surface area contributed by atoms with E-state index in [0.717, 1.165) is 19.6 Å². The summed E-state index contributed by atoms with van der Waals surface area (Å²) in [5, 5.41) is 12.1. The van der Waals surface area contributed by atoms with Crippen LogP contribution in [-0.2, 0) is 4.74 Å². The third kappa shape index (κ3) is 2.73. The van der Waals surface area contributed by atoms with E-state index in [-0.39, 0.29) is 11.7 Å². The van der Waals surface area contributed by atoms with Gasteiger partial charge in [0.05, 0.1) is 6.61 Å². The first-order chi connectivity index (χ1) is 7.75. The lowest BCUT2D eigenvalue weighted by Gasteiger charge is -2.09. The molecule has 0 aliphatic carbocycles. The van der Waals surface area contributed by atoms with Crippen molar-refractivity contribution >= 4 is 5.91 Å². The molecule has 2 rings (SSSR count). The van der Waals surface area contributed by atoms with Crippen LogP contribution in [0, 0.1) is 5.92 Å². The smallest absolute Gasteiger partial charge is 0.251 e. The second kappa shape index (κ2) is 4.99. The minimum absolute atomic E-state index is 0.108. The van der Waals surface area contributed by atoms with Crippen molar-refractivity contribution in [2.24, 2.45) is 5.92 Å². The van der Waals surface area contributed by atoms with Gasteiger partial charge in [0.1, 0.15) is 5.75 Å². The van der Waals surface area contributed by atoms with Gasteiger partial charge in [-0.15, -0.1) is 0 Å². The highest BCUT2D eigenvalue weighted by molar-refractivity contribution is 5.94. The van der Waals surface area contributed by atoms with Gasteiger partial charge in [0.15, 0.2) is 0 Å². The average Bonchev–Trinajstić information content (AvgIpc) is 2.78. The fraction of sp³-hybridized carbons (Fsp3) is 0.417. The maximum Gasteiger partial charge on any atom is 0.251 e. The molecule has 1 aliphatic heterocycles. The third-order valence-corrected chi connectivity index (χ3v) is 2.68. The number of carbonyl (C=O) groups is 1. The lowest BCUT2D eigenvalue weighted by atomic mass is 10.1. The molecule has 4 nitrogen and oxygen atoms in total. The topological polar surface area (TPSA) is 58.6 Å². The zero-order valence-electron chi connectivity index (χ0n) is 8.98. The Hall–Kier alpha value is -1.55. The van der Waals surface area contributed by atoms with E-state index in [2.05, 4.69) is 5.32 Å². The molecule has 1 aliphatic rings. The van der Waals surface area contributed by atoms with Gasteiger partial charge in [-0.25, -0.2) is 0 Å². The Labute approximate surface area is 94.2 Å². The van der Waals surface area contributed by atoms with Crippen molar-refractivity contribution in [2.45, 2.75) is 6.42 Å². The number of ether oxygens (including phenoxy) is 1. The molecule has 1 amide bonds.